The quantitative estimate of drug-likeness (QED) is 0.672. The van der Waals surface area contributed by atoms with E-state index in [1.165, 1.54) is 23.1 Å². The molecular weight excluding hydrogens is 294 g/mol. The van der Waals surface area contributed by atoms with Crippen molar-refractivity contribution in [2.75, 3.05) is 0 Å². The number of nitrogens with zero attached hydrogens (tertiary/aromatic N) is 2. The first-order valence-corrected chi connectivity index (χ1v) is 8.61. The van der Waals surface area contributed by atoms with Crippen LogP contribution in [0.5, 0.6) is 0 Å². The van der Waals surface area contributed by atoms with Crippen molar-refractivity contribution in [3.63, 3.8) is 0 Å². The zero-order valence-corrected chi connectivity index (χ0v) is 14.2. The summed E-state index contributed by atoms with van der Waals surface area (Å²) in [6, 6.07) is 21.8. The van der Waals surface area contributed by atoms with Crippen LogP contribution in [0.4, 0.5) is 0 Å². The molecule has 24 heavy (non-hydrogen) atoms. The number of rotatable bonds is 8. The lowest BCUT2D eigenvalue weighted by Crippen LogP contribution is -2.21. The van der Waals surface area contributed by atoms with Gasteiger partial charge < -0.3 is 5.32 Å². The van der Waals surface area contributed by atoms with Gasteiger partial charge in [0.1, 0.15) is 0 Å². The molecule has 0 saturated heterocycles. The van der Waals surface area contributed by atoms with Crippen molar-refractivity contribution in [1.29, 1.82) is 0 Å². The molecule has 0 spiro atoms. The summed E-state index contributed by atoms with van der Waals surface area (Å²) < 4.78 is 1.85. The summed E-state index contributed by atoms with van der Waals surface area (Å²) in [6.07, 6.45) is 7.42. The number of aryl methyl sites for hydroxylation is 2. The van der Waals surface area contributed by atoms with E-state index < -0.39 is 0 Å². The Morgan fingerprint density at radius 2 is 1.67 bits per heavy atom. The molecule has 1 aromatic heterocycles. The van der Waals surface area contributed by atoms with Crippen LogP contribution < -0.4 is 5.32 Å². The zero-order chi connectivity index (χ0) is 16.6. The molecule has 1 heterocycles. The highest BCUT2D eigenvalue weighted by Gasteiger charge is 2.11. The maximum absolute atomic E-state index is 4.25. The molecule has 3 heteroatoms. The molecule has 0 saturated carbocycles. The van der Waals surface area contributed by atoms with Crippen LogP contribution in [-0.4, -0.2) is 9.78 Å². The van der Waals surface area contributed by atoms with Crippen LogP contribution in [0.1, 0.15) is 35.6 Å². The first-order valence-electron chi connectivity index (χ1n) is 8.61. The van der Waals surface area contributed by atoms with Crippen LogP contribution in [0.15, 0.2) is 73.1 Å². The van der Waals surface area contributed by atoms with E-state index >= 15 is 0 Å². The first kappa shape index (κ1) is 16.5. The third kappa shape index (κ3) is 4.80. The van der Waals surface area contributed by atoms with E-state index in [1.807, 2.05) is 17.9 Å². The highest BCUT2D eigenvalue weighted by molar-refractivity contribution is 5.20. The largest absolute Gasteiger partial charge is 0.306 e. The second-order valence-corrected chi connectivity index (χ2v) is 6.24. The minimum atomic E-state index is 0.370. The molecular formula is C21H25N3. The summed E-state index contributed by atoms with van der Waals surface area (Å²) in [5.41, 5.74) is 3.99. The Kier molecular flexibility index (Phi) is 5.80. The summed E-state index contributed by atoms with van der Waals surface area (Å²) in [5, 5.41) is 7.94. The minimum Gasteiger partial charge on any atom is -0.306 e. The molecule has 124 valence electrons. The van der Waals surface area contributed by atoms with Gasteiger partial charge in [-0.05, 0) is 30.4 Å². The second kappa shape index (κ2) is 8.46. The van der Waals surface area contributed by atoms with Crippen molar-refractivity contribution in [2.24, 2.45) is 7.05 Å². The van der Waals surface area contributed by atoms with Gasteiger partial charge >= 0.3 is 0 Å². The molecule has 3 nitrogen and oxygen atoms in total. The fourth-order valence-corrected chi connectivity index (χ4v) is 3.03. The maximum Gasteiger partial charge on any atom is 0.0534 e. The second-order valence-electron chi connectivity index (χ2n) is 6.24. The summed E-state index contributed by atoms with van der Waals surface area (Å²) in [7, 11) is 1.96. The van der Waals surface area contributed by atoms with Crippen molar-refractivity contribution in [3.05, 3.63) is 89.7 Å². The van der Waals surface area contributed by atoms with Crippen molar-refractivity contribution in [3.8, 4) is 0 Å². The summed E-state index contributed by atoms with van der Waals surface area (Å²) in [6.45, 7) is 0.846. The SMILES string of the molecule is Cn1cc(CNC(CCCc2ccccc2)c2ccccc2)cn1. The minimum absolute atomic E-state index is 0.370. The molecule has 0 radical (unpaired) electrons. The van der Waals surface area contributed by atoms with Gasteiger partial charge in [0.25, 0.3) is 0 Å². The molecule has 1 atom stereocenters. The van der Waals surface area contributed by atoms with Gasteiger partial charge in [-0.15, -0.1) is 0 Å². The summed E-state index contributed by atoms with van der Waals surface area (Å²) in [4.78, 5) is 0. The van der Waals surface area contributed by atoms with Crippen molar-refractivity contribution in [2.45, 2.75) is 31.8 Å². The van der Waals surface area contributed by atoms with Crippen LogP contribution in [0.3, 0.4) is 0 Å². The molecule has 0 fully saturated rings. The van der Waals surface area contributed by atoms with Gasteiger partial charge in [-0.25, -0.2) is 0 Å². The Morgan fingerprint density at radius 3 is 2.33 bits per heavy atom. The van der Waals surface area contributed by atoms with Crippen LogP contribution in [0.2, 0.25) is 0 Å². The van der Waals surface area contributed by atoms with Gasteiger partial charge in [0, 0.05) is 31.4 Å². The highest BCUT2D eigenvalue weighted by atomic mass is 15.2. The molecule has 3 aromatic rings. The van der Waals surface area contributed by atoms with Gasteiger partial charge in [0.2, 0.25) is 0 Å². The Labute approximate surface area is 144 Å². The van der Waals surface area contributed by atoms with E-state index in [-0.39, 0.29) is 0 Å². The van der Waals surface area contributed by atoms with E-state index in [9.17, 15) is 0 Å². The predicted octanol–water partition coefficient (Wildman–Crippen LogP) is 4.27. The molecule has 0 amide bonds. The molecule has 3 rings (SSSR count). The predicted molar refractivity (Wildman–Crippen MR) is 98.6 cm³/mol. The van der Waals surface area contributed by atoms with Crippen molar-refractivity contribution >= 4 is 0 Å². The Hall–Kier alpha value is -2.39. The van der Waals surface area contributed by atoms with E-state index in [2.05, 4.69) is 77.3 Å². The van der Waals surface area contributed by atoms with Crippen molar-refractivity contribution in [1.82, 2.24) is 15.1 Å². The lowest BCUT2D eigenvalue weighted by atomic mass is 9.99. The van der Waals surface area contributed by atoms with E-state index in [1.54, 1.807) is 0 Å². The monoisotopic (exact) mass is 319 g/mol. The Morgan fingerprint density at radius 1 is 0.958 bits per heavy atom. The van der Waals surface area contributed by atoms with Crippen LogP contribution >= 0.6 is 0 Å². The first-order chi connectivity index (χ1) is 11.8. The number of benzene rings is 2. The van der Waals surface area contributed by atoms with Crippen LogP contribution in [0.25, 0.3) is 0 Å². The molecule has 1 unspecified atom stereocenters. The Bertz CT molecular complexity index is 719. The topological polar surface area (TPSA) is 29.9 Å². The third-order valence-electron chi connectivity index (χ3n) is 4.31. The van der Waals surface area contributed by atoms with E-state index in [4.69, 9.17) is 0 Å². The molecule has 1 N–H and O–H groups in total. The molecule has 0 bridgehead atoms. The third-order valence-corrected chi connectivity index (χ3v) is 4.31. The molecule has 0 aliphatic rings. The number of hydrogen-bond acceptors (Lipinski definition) is 2. The van der Waals surface area contributed by atoms with Gasteiger partial charge in [-0.2, -0.15) is 5.10 Å². The molecule has 2 aromatic carbocycles. The van der Waals surface area contributed by atoms with Gasteiger partial charge in [0.05, 0.1) is 6.20 Å². The fraction of sp³-hybridized carbons (Fsp3) is 0.286. The normalized spacial score (nSPS) is 12.2. The average Bonchev–Trinajstić information content (AvgIpc) is 3.05. The smallest absolute Gasteiger partial charge is 0.0534 e. The van der Waals surface area contributed by atoms with E-state index in [0.29, 0.717) is 6.04 Å². The molecule has 0 aliphatic heterocycles. The number of aromatic nitrogens is 2. The van der Waals surface area contributed by atoms with Gasteiger partial charge in [0.15, 0.2) is 0 Å². The zero-order valence-electron chi connectivity index (χ0n) is 14.2. The average molecular weight is 319 g/mol. The standard InChI is InChI=1S/C21H25N3/c1-24-17-19(16-23-24)15-22-21(20-12-6-3-7-13-20)14-8-11-18-9-4-2-5-10-18/h2-7,9-10,12-13,16-17,21-22H,8,11,14-15H2,1H3. The van der Waals surface area contributed by atoms with Crippen molar-refractivity contribution < 1.29 is 0 Å². The highest BCUT2D eigenvalue weighted by Crippen LogP contribution is 2.20. The lowest BCUT2D eigenvalue weighted by molar-refractivity contribution is 0.483. The van der Waals surface area contributed by atoms with E-state index in [0.717, 1.165) is 19.4 Å². The Balaban J connectivity index is 1.59. The van der Waals surface area contributed by atoms with Gasteiger partial charge in [-0.3, -0.25) is 4.68 Å². The summed E-state index contributed by atoms with van der Waals surface area (Å²) in [5.74, 6) is 0. The molecule has 0 aliphatic carbocycles. The van der Waals surface area contributed by atoms with Crippen LogP contribution in [0, 0.1) is 0 Å². The lowest BCUT2D eigenvalue weighted by Gasteiger charge is -2.19. The number of nitrogens with one attached hydrogen (secondary N) is 1. The van der Waals surface area contributed by atoms with Gasteiger partial charge in [-0.1, -0.05) is 60.7 Å². The van der Waals surface area contributed by atoms with Crippen LogP contribution in [-0.2, 0) is 20.0 Å². The number of hydrogen-bond donors (Lipinski definition) is 1. The fourth-order valence-electron chi connectivity index (χ4n) is 3.03. The maximum atomic E-state index is 4.25. The summed E-state index contributed by atoms with van der Waals surface area (Å²) >= 11 is 0.